The van der Waals surface area contributed by atoms with Crippen molar-refractivity contribution in [3.63, 3.8) is 0 Å². The molecule has 1 aliphatic rings. The van der Waals surface area contributed by atoms with E-state index in [2.05, 4.69) is 41.7 Å². The van der Waals surface area contributed by atoms with Crippen molar-refractivity contribution in [2.45, 2.75) is 45.6 Å². The molecule has 2 nitrogen and oxygen atoms in total. The van der Waals surface area contributed by atoms with Crippen molar-refractivity contribution in [2.75, 3.05) is 0 Å². The molecular weight excluding hydrogens is 290 g/mol. The molecule has 0 aromatic carbocycles. The Morgan fingerprint density at radius 1 is 1.39 bits per heavy atom. The Morgan fingerprint density at radius 2 is 2.11 bits per heavy atom. The minimum atomic E-state index is -0.768. The van der Waals surface area contributed by atoms with E-state index < -0.39 is 5.60 Å². The number of pyridine rings is 1. The normalized spacial score (nSPS) is 32.8. The second kappa shape index (κ2) is 5.30. The van der Waals surface area contributed by atoms with Gasteiger partial charge in [-0.3, -0.25) is 0 Å². The fraction of sp³-hybridized carbons (Fsp3) is 0.667. The van der Waals surface area contributed by atoms with E-state index >= 15 is 0 Å². The highest BCUT2D eigenvalue weighted by molar-refractivity contribution is 9.10. The number of hydrogen-bond acceptors (Lipinski definition) is 2. The average Bonchev–Trinajstić information content (AvgIpc) is 2.28. The Bertz CT molecular complexity index is 421. The molecule has 1 fully saturated rings. The summed E-state index contributed by atoms with van der Waals surface area (Å²) in [5.74, 6) is 1.34. The van der Waals surface area contributed by atoms with Crippen molar-refractivity contribution in [3.8, 4) is 0 Å². The largest absolute Gasteiger partial charge is 0.383 e. The third kappa shape index (κ3) is 2.62. The highest BCUT2D eigenvalue weighted by Gasteiger charge is 2.45. The molecule has 0 radical (unpaired) electrons. The van der Waals surface area contributed by atoms with E-state index in [1.807, 2.05) is 18.2 Å². The molecule has 1 aliphatic carbocycles. The smallest absolute Gasteiger partial charge is 0.110 e. The van der Waals surface area contributed by atoms with Crippen LogP contribution in [0.1, 0.15) is 45.7 Å². The minimum absolute atomic E-state index is 0.301. The van der Waals surface area contributed by atoms with Gasteiger partial charge in [-0.15, -0.1) is 0 Å². The molecule has 1 aromatic rings. The van der Waals surface area contributed by atoms with Crippen LogP contribution < -0.4 is 0 Å². The van der Waals surface area contributed by atoms with Crippen LogP contribution in [0.15, 0.2) is 22.8 Å². The molecule has 1 heterocycles. The van der Waals surface area contributed by atoms with Crippen molar-refractivity contribution in [1.29, 1.82) is 0 Å². The first-order chi connectivity index (χ1) is 8.43. The van der Waals surface area contributed by atoms with Crippen LogP contribution in [0.5, 0.6) is 0 Å². The molecule has 3 heteroatoms. The fourth-order valence-corrected chi connectivity index (χ4v) is 3.66. The van der Waals surface area contributed by atoms with Crippen LogP contribution in [0, 0.1) is 17.8 Å². The first kappa shape index (κ1) is 14.0. The van der Waals surface area contributed by atoms with Gasteiger partial charge in [-0.05, 0) is 58.7 Å². The van der Waals surface area contributed by atoms with Crippen molar-refractivity contribution >= 4 is 15.9 Å². The van der Waals surface area contributed by atoms with Gasteiger partial charge in [-0.2, -0.15) is 0 Å². The Labute approximate surface area is 118 Å². The van der Waals surface area contributed by atoms with Gasteiger partial charge in [0, 0.05) is 0 Å². The summed E-state index contributed by atoms with van der Waals surface area (Å²) in [5, 5.41) is 11.2. The molecule has 3 unspecified atom stereocenters. The van der Waals surface area contributed by atoms with Crippen LogP contribution in [0.4, 0.5) is 0 Å². The monoisotopic (exact) mass is 311 g/mol. The fourth-order valence-electron chi connectivity index (χ4n) is 3.32. The number of rotatable bonds is 2. The van der Waals surface area contributed by atoms with Gasteiger partial charge in [0.1, 0.15) is 10.2 Å². The molecule has 100 valence electrons. The molecule has 0 bridgehead atoms. The number of aliphatic hydroxyl groups is 1. The summed E-state index contributed by atoms with van der Waals surface area (Å²) in [7, 11) is 0. The number of hydrogen-bond donors (Lipinski definition) is 1. The Morgan fingerprint density at radius 3 is 2.72 bits per heavy atom. The van der Waals surface area contributed by atoms with Gasteiger partial charge in [0.15, 0.2) is 0 Å². The summed E-state index contributed by atoms with van der Waals surface area (Å²) >= 11 is 3.40. The lowest BCUT2D eigenvalue weighted by molar-refractivity contribution is -0.0898. The molecule has 3 atom stereocenters. The summed E-state index contributed by atoms with van der Waals surface area (Å²) in [6.07, 6.45) is 3.11. The SMILES string of the molecule is CC1CCC(C(C)C)C(O)(c2cccc(Br)n2)C1. The second-order valence-electron chi connectivity index (χ2n) is 6.01. The van der Waals surface area contributed by atoms with Crippen molar-refractivity contribution in [1.82, 2.24) is 4.98 Å². The molecule has 0 saturated heterocycles. The van der Waals surface area contributed by atoms with E-state index in [1.54, 1.807) is 0 Å². The van der Waals surface area contributed by atoms with E-state index in [9.17, 15) is 5.11 Å². The standard InChI is InChI=1S/C15H22BrNO/c1-10(2)12-8-7-11(3)9-15(12,18)13-5-4-6-14(16)17-13/h4-6,10-12,18H,7-9H2,1-3H3. The van der Waals surface area contributed by atoms with Gasteiger partial charge in [0.2, 0.25) is 0 Å². The van der Waals surface area contributed by atoms with Crippen molar-refractivity contribution < 1.29 is 5.11 Å². The molecule has 1 aromatic heterocycles. The second-order valence-corrected chi connectivity index (χ2v) is 6.82. The van der Waals surface area contributed by atoms with Gasteiger partial charge in [0.05, 0.1) is 5.69 Å². The van der Waals surface area contributed by atoms with Gasteiger partial charge in [-0.25, -0.2) is 4.98 Å². The van der Waals surface area contributed by atoms with Crippen LogP contribution in [0.3, 0.4) is 0 Å². The summed E-state index contributed by atoms with van der Waals surface area (Å²) in [5.41, 5.74) is 0.0532. The number of aromatic nitrogens is 1. The topological polar surface area (TPSA) is 33.1 Å². The van der Waals surface area contributed by atoms with E-state index in [1.165, 1.54) is 6.42 Å². The lowest BCUT2D eigenvalue weighted by Crippen LogP contribution is -2.43. The molecule has 18 heavy (non-hydrogen) atoms. The third-order valence-electron chi connectivity index (χ3n) is 4.21. The molecule has 2 rings (SSSR count). The zero-order chi connectivity index (χ0) is 13.3. The molecule has 1 N–H and O–H groups in total. The maximum Gasteiger partial charge on any atom is 0.110 e. The van der Waals surface area contributed by atoms with E-state index in [-0.39, 0.29) is 0 Å². The average molecular weight is 312 g/mol. The third-order valence-corrected chi connectivity index (χ3v) is 4.65. The summed E-state index contributed by atoms with van der Waals surface area (Å²) in [4.78, 5) is 4.50. The predicted octanol–water partition coefficient (Wildman–Crippen LogP) is 4.12. The van der Waals surface area contributed by atoms with E-state index in [0.717, 1.165) is 23.1 Å². The van der Waals surface area contributed by atoms with Crippen LogP contribution in [0.2, 0.25) is 0 Å². The number of nitrogens with zero attached hydrogens (tertiary/aromatic N) is 1. The quantitative estimate of drug-likeness (QED) is 0.833. The van der Waals surface area contributed by atoms with Crippen molar-refractivity contribution in [3.05, 3.63) is 28.5 Å². The number of halogens is 1. The highest BCUT2D eigenvalue weighted by atomic mass is 79.9. The molecule has 1 saturated carbocycles. The summed E-state index contributed by atoms with van der Waals surface area (Å²) in [6.45, 7) is 6.62. The molecule has 0 amide bonds. The molecule has 0 aliphatic heterocycles. The van der Waals surface area contributed by atoms with Gasteiger partial charge < -0.3 is 5.11 Å². The van der Waals surface area contributed by atoms with Gasteiger partial charge in [-0.1, -0.05) is 33.3 Å². The summed E-state index contributed by atoms with van der Waals surface area (Å²) in [6, 6.07) is 5.82. The Hall–Kier alpha value is -0.410. The first-order valence-electron chi connectivity index (χ1n) is 6.79. The molecule has 0 spiro atoms. The van der Waals surface area contributed by atoms with Crippen LogP contribution in [-0.2, 0) is 5.60 Å². The predicted molar refractivity (Wildman–Crippen MR) is 77.2 cm³/mol. The van der Waals surface area contributed by atoms with Crippen LogP contribution in [-0.4, -0.2) is 10.1 Å². The zero-order valence-corrected chi connectivity index (χ0v) is 12.9. The highest BCUT2D eigenvalue weighted by Crippen LogP contribution is 2.46. The lowest BCUT2D eigenvalue weighted by atomic mass is 9.65. The van der Waals surface area contributed by atoms with E-state index in [0.29, 0.717) is 17.8 Å². The zero-order valence-electron chi connectivity index (χ0n) is 11.4. The lowest BCUT2D eigenvalue weighted by Gasteiger charge is -2.44. The first-order valence-corrected chi connectivity index (χ1v) is 7.58. The van der Waals surface area contributed by atoms with Gasteiger partial charge in [0.25, 0.3) is 0 Å². The Balaban J connectivity index is 2.40. The maximum atomic E-state index is 11.2. The Kier molecular flexibility index (Phi) is 4.12. The summed E-state index contributed by atoms with van der Waals surface area (Å²) < 4.78 is 0.800. The van der Waals surface area contributed by atoms with Gasteiger partial charge >= 0.3 is 0 Å². The van der Waals surface area contributed by atoms with Crippen molar-refractivity contribution in [2.24, 2.45) is 17.8 Å². The maximum absolute atomic E-state index is 11.2. The minimum Gasteiger partial charge on any atom is -0.383 e. The van der Waals surface area contributed by atoms with E-state index in [4.69, 9.17) is 0 Å². The van der Waals surface area contributed by atoms with Crippen LogP contribution in [0.25, 0.3) is 0 Å². The molecular formula is C15H22BrNO. The van der Waals surface area contributed by atoms with Crippen LogP contribution >= 0.6 is 15.9 Å².